The summed E-state index contributed by atoms with van der Waals surface area (Å²) in [6, 6.07) is 3.46. The maximum absolute atomic E-state index is 5.87. The minimum Gasteiger partial charge on any atom is -0.465 e. The van der Waals surface area contributed by atoms with Gasteiger partial charge in [-0.1, -0.05) is 13.8 Å². The lowest BCUT2D eigenvalue weighted by molar-refractivity contribution is 0.139. The summed E-state index contributed by atoms with van der Waals surface area (Å²) in [7, 11) is 4.38. The molecule has 1 N–H and O–H groups in total. The van der Waals surface area contributed by atoms with Crippen LogP contribution in [0, 0.1) is 6.92 Å². The normalized spacial score (nSPS) is 18.0. The number of rotatable bonds is 6. The van der Waals surface area contributed by atoms with E-state index in [1.807, 2.05) is 0 Å². The molecule has 0 bridgehead atoms. The van der Waals surface area contributed by atoms with Gasteiger partial charge in [0.25, 0.3) is 0 Å². The van der Waals surface area contributed by atoms with E-state index in [2.05, 4.69) is 56.0 Å². The van der Waals surface area contributed by atoms with E-state index in [-0.39, 0.29) is 0 Å². The Labute approximate surface area is 129 Å². The number of aryl methyl sites for hydroxylation is 1. The molecular formula is C17H31N3O. The number of piperidine rings is 1. The molecule has 0 spiro atoms. The van der Waals surface area contributed by atoms with Crippen molar-refractivity contribution in [3.8, 4) is 0 Å². The van der Waals surface area contributed by atoms with Gasteiger partial charge in [-0.15, -0.1) is 0 Å². The Bertz CT molecular complexity index is 431. The second-order valence-electron chi connectivity index (χ2n) is 6.80. The molecule has 4 nitrogen and oxygen atoms in total. The van der Waals surface area contributed by atoms with E-state index in [1.165, 1.54) is 31.5 Å². The summed E-state index contributed by atoms with van der Waals surface area (Å²) in [6.45, 7) is 10.6. The first-order valence-corrected chi connectivity index (χ1v) is 8.16. The summed E-state index contributed by atoms with van der Waals surface area (Å²) in [5.41, 5.74) is 1.35. The first-order chi connectivity index (χ1) is 9.95. The fraction of sp³-hybridized carbons (Fsp3) is 0.765. The molecule has 0 aliphatic carbocycles. The highest BCUT2D eigenvalue weighted by Crippen LogP contribution is 2.20. The topological polar surface area (TPSA) is 31.7 Å². The number of hydrogen-bond donors (Lipinski definition) is 1. The lowest BCUT2D eigenvalue weighted by atomic mass is 10.0. The monoisotopic (exact) mass is 293 g/mol. The maximum atomic E-state index is 5.87. The van der Waals surface area contributed by atoms with Crippen molar-refractivity contribution in [1.29, 1.82) is 0 Å². The molecule has 1 aliphatic heterocycles. The fourth-order valence-corrected chi connectivity index (χ4v) is 2.97. The number of nitrogens with zero attached hydrogens (tertiary/aromatic N) is 2. The van der Waals surface area contributed by atoms with Crippen LogP contribution in [0.15, 0.2) is 10.5 Å². The Kier molecular flexibility index (Phi) is 5.85. The van der Waals surface area contributed by atoms with E-state index >= 15 is 0 Å². The Morgan fingerprint density at radius 2 is 2.00 bits per heavy atom. The minimum absolute atomic E-state index is 0.490. The fourth-order valence-electron chi connectivity index (χ4n) is 2.97. The zero-order chi connectivity index (χ0) is 15.4. The summed E-state index contributed by atoms with van der Waals surface area (Å²) < 4.78 is 5.87. The molecule has 120 valence electrons. The van der Waals surface area contributed by atoms with E-state index < -0.39 is 0 Å². The third kappa shape index (κ3) is 4.83. The smallest absolute Gasteiger partial charge is 0.118 e. The summed E-state index contributed by atoms with van der Waals surface area (Å²) >= 11 is 0. The first-order valence-electron chi connectivity index (χ1n) is 8.16. The molecule has 2 rings (SSSR count). The highest BCUT2D eigenvalue weighted by molar-refractivity contribution is 5.21. The van der Waals surface area contributed by atoms with Gasteiger partial charge in [0.1, 0.15) is 11.5 Å². The van der Waals surface area contributed by atoms with Crippen molar-refractivity contribution in [2.24, 2.45) is 0 Å². The standard InChI is InChI=1S/C17H31N3O/c1-13(2)18-11-17-10-15(14(3)21-17)12-20-8-6-16(7-9-20)19(4)5/h10,13,16,18H,6-9,11-12H2,1-5H3. The Balaban J connectivity index is 1.86. The van der Waals surface area contributed by atoms with Gasteiger partial charge in [-0.05, 0) is 53.0 Å². The van der Waals surface area contributed by atoms with Crippen molar-refractivity contribution in [1.82, 2.24) is 15.1 Å². The SMILES string of the molecule is Cc1oc(CNC(C)C)cc1CN1CCC(N(C)C)CC1. The molecule has 0 atom stereocenters. The van der Waals surface area contributed by atoms with Gasteiger partial charge in [-0.2, -0.15) is 0 Å². The van der Waals surface area contributed by atoms with Gasteiger partial charge >= 0.3 is 0 Å². The van der Waals surface area contributed by atoms with E-state index in [0.29, 0.717) is 6.04 Å². The average molecular weight is 293 g/mol. The molecule has 1 saturated heterocycles. The number of hydrogen-bond acceptors (Lipinski definition) is 4. The van der Waals surface area contributed by atoms with Crippen LogP contribution in [0.3, 0.4) is 0 Å². The van der Waals surface area contributed by atoms with Crippen LogP contribution in [-0.4, -0.2) is 49.1 Å². The van der Waals surface area contributed by atoms with Gasteiger partial charge in [-0.3, -0.25) is 4.90 Å². The van der Waals surface area contributed by atoms with Crippen LogP contribution in [0.4, 0.5) is 0 Å². The molecule has 0 aromatic carbocycles. The highest BCUT2D eigenvalue weighted by atomic mass is 16.3. The van der Waals surface area contributed by atoms with Gasteiger partial charge in [0.2, 0.25) is 0 Å². The van der Waals surface area contributed by atoms with Crippen LogP contribution in [0.5, 0.6) is 0 Å². The van der Waals surface area contributed by atoms with Crippen LogP contribution < -0.4 is 5.32 Å². The van der Waals surface area contributed by atoms with E-state index in [0.717, 1.165) is 30.7 Å². The summed E-state index contributed by atoms with van der Waals surface area (Å²) in [5, 5.41) is 3.41. The minimum atomic E-state index is 0.490. The van der Waals surface area contributed by atoms with Crippen LogP contribution in [0.1, 0.15) is 43.8 Å². The molecule has 0 saturated carbocycles. The van der Waals surface area contributed by atoms with Gasteiger partial charge in [-0.25, -0.2) is 0 Å². The van der Waals surface area contributed by atoms with Crippen LogP contribution in [-0.2, 0) is 13.1 Å². The molecule has 2 heterocycles. The van der Waals surface area contributed by atoms with Crippen LogP contribution in [0.2, 0.25) is 0 Å². The predicted octanol–water partition coefficient (Wildman–Crippen LogP) is 2.61. The van der Waals surface area contributed by atoms with E-state index in [1.54, 1.807) is 0 Å². The average Bonchev–Trinajstić information content (AvgIpc) is 2.78. The van der Waals surface area contributed by atoms with Gasteiger partial charge in [0.05, 0.1) is 6.54 Å². The number of likely N-dealkylation sites (tertiary alicyclic amines) is 1. The molecule has 1 aromatic heterocycles. The van der Waals surface area contributed by atoms with Gasteiger partial charge in [0, 0.05) is 24.2 Å². The third-order valence-electron chi connectivity index (χ3n) is 4.44. The molecule has 4 heteroatoms. The number of nitrogens with one attached hydrogen (secondary N) is 1. The summed E-state index contributed by atoms with van der Waals surface area (Å²) in [6.07, 6.45) is 2.54. The number of furan rings is 1. The molecular weight excluding hydrogens is 262 g/mol. The quantitative estimate of drug-likeness (QED) is 0.874. The lowest BCUT2D eigenvalue weighted by Gasteiger charge is -2.35. The molecule has 1 aromatic rings. The van der Waals surface area contributed by atoms with Crippen molar-refractivity contribution in [2.45, 2.75) is 58.8 Å². The summed E-state index contributed by atoms with van der Waals surface area (Å²) in [4.78, 5) is 4.91. The van der Waals surface area contributed by atoms with Gasteiger partial charge in [0.15, 0.2) is 0 Å². The third-order valence-corrected chi connectivity index (χ3v) is 4.44. The zero-order valence-electron chi connectivity index (χ0n) is 14.3. The highest BCUT2D eigenvalue weighted by Gasteiger charge is 2.21. The molecule has 1 aliphatic rings. The maximum Gasteiger partial charge on any atom is 0.118 e. The van der Waals surface area contributed by atoms with Gasteiger partial charge < -0.3 is 14.6 Å². The molecule has 0 amide bonds. The van der Waals surface area contributed by atoms with Crippen molar-refractivity contribution < 1.29 is 4.42 Å². The van der Waals surface area contributed by atoms with E-state index in [4.69, 9.17) is 4.42 Å². The first kappa shape index (κ1) is 16.5. The van der Waals surface area contributed by atoms with E-state index in [9.17, 15) is 0 Å². The van der Waals surface area contributed by atoms with Crippen molar-refractivity contribution >= 4 is 0 Å². The van der Waals surface area contributed by atoms with Crippen LogP contribution >= 0.6 is 0 Å². The molecule has 1 fully saturated rings. The second-order valence-corrected chi connectivity index (χ2v) is 6.80. The molecule has 0 unspecified atom stereocenters. The van der Waals surface area contributed by atoms with Crippen molar-refractivity contribution in [2.75, 3.05) is 27.2 Å². The zero-order valence-corrected chi connectivity index (χ0v) is 14.3. The second kappa shape index (κ2) is 7.43. The Morgan fingerprint density at radius 1 is 1.33 bits per heavy atom. The Hall–Kier alpha value is -0.840. The lowest BCUT2D eigenvalue weighted by Crippen LogP contribution is -2.41. The molecule has 0 radical (unpaired) electrons. The summed E-state index contributed by atoms with van der Waals surface area (Å²) in [5.74, 6) is 2.13. The molecule has 21 heavy (non-hydrogen) atoms. The van der Waals surface area contributed by atoms with Crippen LogP contribution in [0.25, 0.3) is 0 Å². The largest absolute Gasteiger partial charge is 0.465 e. The Morgan fingerprint density at radius 3 is 2.57 bits per heavy atom. The predicted molar refractivity (Wildman–Crippen MR) is 87.4 cm³/mol. The van der Waals surface area contributed by atoms with Crippen molar-refractivity contribution in [3.05, 3.63) is 23.2 Å². The van der Waals surface area contributed by atoms with Crippen molar-refractivity contribution in [3.63, 3.8) is 0 Å².